The Bertz CT molecular complexity index is 434. The van der Waals surface area contributed by atoms with Crippen molar-refractivity contribution < 1.29 is 4.74 Å². The van der Waals surface area contributed by atoms with Gasteiger partial charge in [-0.2, -0.15) is 0 Å². The Kier molecular flexibility index (Phi) is 7.32. The van der Waals surface area contributed by atoms with Gasteiger partial charge in [-0.05, 0) is 12.5 Å². The number of benzene rings is 1. The molecule has 19 heavy (non-hydrogen) atoms. The zero-order valence-electron chi connectivity index (χ0n) is 10.9. The number of hydrogen-bond donors (Lipinski definition) is 2. The fourth-order valence-electron chi connectivity index (χ4n) is 1.77. The van der Waals surface area contributed by atoms with Crippen LogP contribution >= 0.6 is 24.0 Å². The molecule has 1 aromatic rings. The maximum atomic E-state index is 5.61. The molecule has 0 aliphatic carbocycles. The van der Waals surface area contributed by atoms with Gasteiger partial charge < -0.3 is 15.4 Å². The summed E-state index contributed by atoms with van der Waals surface area (Å²) in [4.78, 5) is 4.37. The summed E-state index contributed by atoms with van der Waals surface area (Å²) in [5.74, 6) is 1.76. The van der Waals surface area contributed by atoms with Crippen molar-refractivity contribution in [2.24, 2.45) is 4.99 Å². The zero-order valence-corrected chi connectivity index (χ0v) is 13.2. The summed E-state index contributed by atoms with van der Waals surface area (Å²) >= 11 is 0. The maximum absolute atomic E-state index is 5.61. The van der Waals surface area contributed by atoms with Crippen molar-refractivity contribution in [3.8, 4) is 5.75 Å². The van der Waals surface area contributed by atoms with Crippen LogP contribution in [0.15, 0.2) is 41.9 Å². The molecule has 0 bridgehead atoms. The molecule has 1 heterocycles. The van der Waals surface area contributed by atoms with Crippen LogP contribution in [0.25, 0.3) is 0 Å². The molecular formula is C14H20IN3O. The molecule has 1 aliphatic rings. The number of guanidine groups is 1. The molecule has 0 unspecified atom stereocenters. The molecule has 0 amide bonds. The minimum atomic E-state index is 0. The van der Waals surface area contributed by atoms with Crippen molar-refractivity contribution in [3.05, 3.63) is 42.5 Å². The molecule has 0 spiro atoms. The van der Waals surface area contributed by atoms with E-state index in [0.29, 0.717) is 13.2 Å². The number of nitrogens with one attached hydrogen (secondary N) is 2. The number of nitrogens with zero attached hydrogens (tertiary/aromatic N) is 1. The molecule has 0 aromatic heterocycles. The molecule has 0 saturated heterocycles. The lowest BCUT2D eigenvalue weighted by Crippen LogP contribution is -2.40. The number of rotatable bonds is 5. The third kappa shape index (κ3) is 5.10. The van der Waals surface area contributed by atoms with E-state index >= 15 is 0 Å². The first kappa shape index (κ1) is 15.8. The Morgan fingerprint density at radius 1 is 1.42 bits per heavy atom. The molecule has 5 heteroatoms. The van der Waals surface area contributed by atoms with Crippen LogP contribution in [0.4, 0.5) is 0 Å². The van der Waals surface area contributed by atoms with E-state index in [4.69, 9.17) is 4.74 Å². The van der Waals surface area contributed by atoms with Crippen LogP contribution in [0.2, 0.25) is 0 Å². The lowest BCUT2D eigenvalue weighted by Gasteiger charge is -2.17. The fourth-order valence-corrected chi connectivity index (χ4v) is 1.77. The number of para-hydroxylation sites is 1. The number of aliphatic imine (C=N–C) groups is 1. The van der Waals surface area contributed by atoms with Gasteiger partial charge in [0.25, 0.3) is 0 Å². The van der Waals surface area contributed by atoms with Gasteiger partial charge in [0, 0.05) is 25.2 Å². The fraction of sp³-hybridized carbons (Fsp3) is 0.357. The second-order valence-electron chi connectivity index (χ2n) is 4.07. The minimum Gasteiger partial charge on any atom is -0.489 e. The van der Waals surface area contributed by atoms with Gasteiger partial charge >= 0.3 is 0 Å². The average Bonchev–Trinajstić information content (AvgIpc) is 2.45. The molecule has 0 saturated carbocycles. The normalized spacial score (nSPS) is 13.6. The van der Waals surface area contributed by atoms with E-state index in [1.807, 2.05) is 18.2 Å². The molecule has 0 fully saturated rings. The monoisotopic (exact) mass is 373 g/mol. The molecule has 2 rings (SSSR count). The van der Waals surface area contributed by atoms with Crippen molar-refractivity contribution in [3.63, 3.8) is 0 Å². The molecule has 1 aliphatic heterocycles. The predicted molar refractivity (Wildman–Crippen MR) is 89.3 cm³/mol. The first-order valence-corrected chi connectivity index (χ1v) is 6.24. The summed E-state index contributed by atoms with van der Waals surface area (Å²) in [6.45, 7) is 6.77. The van der Waals surface area contributed by atoms with E-state index in [1.54, 1.807) is 6.08 Å². The van der Waals surface area contributed by atoms with Crippen molar-refractivity contribution in [1.82, 2.24) is 10.6 Å². The summed E-state index contributed by atoms with van der Waals surface area (Å²) in [7, 11) is 0. The standard InChI is InChI=1S/C14H19N3O.HI/c1-2-10-18-13-7-4-3-6-12(13)11-17-14-15-8-5-9-16-14;/h2-4,6-7H,1,5,8-11H2,(H2,15,16,17);1H. The van der Waals surface area contributed by atoms with Crippen molar-refractivity contribution in [1.29, 1.82) is 0 Å². The highest BCUT2D eigenvalue weighted by Crippen LogP contribution is 2.17. The summed E-state index contributed by atoms with van der Waals surface area (Å²) < 4.78 is 5.61. The van der Waals surface area contributed by atoms with Crippen LogP contribution in [-0.4, -0.2) is 25.7 Å². The highest BCUT2D eigenvalue weighted by atomic mass is 127. The van der Waals surface area contributed by atoms with E-state index in [-0.39, 0.29) is 24.0 Å². The van der Waals surface area contributed by atoms with E-state index in [9.17, 15) is 0 Å². The summed E-state index contributed by atoms with van der Waals surface area (Å²) in [6, 6.07) is 8.00. The topological polar surface area (TPSA) is 45.6 Å². The van der Waals surface area contributed by atoms with Crippen molar-refractivity contribution in [2.75, 3.05) is 19.7 Å². The van der Waals surface area contributed by atoms with Gasteiger partial charge in [0.15, 0.2) is 5.96 Å². The Morgan fingerprint density at radius 3 is 3.00 bits per heavy atom. The van der Waals surface area contributed by atoms with Gasteiger partial charge in [-0.3, -0.25) is 4.99 Å². The Balaban J connectivity index is 0.00000180. The van der Waals surface area contributed by atoms with Crippen molar-refractivity contribution >= 4 is 29.9 Å². The molecule has 104 valence electrons. The molecule has 0 radical (unpaired) electrons. The molecule has 4 nitrogen and oxygen atoms in total. The van der Waals surface area contributed by atoms with Crippen LogP contribution in [0.3, 0.4) is 0 Å². The smallest absolute Gasteiger partial charge is 0.191 e. The van der Waals surface area contributed by atoms with Gasteiger partial charge in [0.2, 0.25) is 0 Å². The number of halogens is 1. The zero-order chi connectivity index (χ0) is 12.6. The maximum Gasteiger partial charge on any atom is 0.191 e. The van der Waals surface area contributed by atoms with E-state index in [1.165, 1.54) is 0 Å². The van der Waals surface area contributed by atoms with E-state index in [0.717, 1.165) is 36.8 Å². The summed E-state index contributed by atoms with van der Waals surface area (Å²) in [5.41, 5.74) is 1.12. The molecular weight excluding hydrogens is 353 g/mol. The molecule has 0 atom stereocenters. The van der Waals surface area contributed by atoms with Crippen LogP contribution in [0.1, 0.15) is 12.0 Å². The highest BCUT2D eigenvalue weighted by molar-refractivity contribution is 14.0. The lowest BCUT2D eigenvalue weighted by molar-refractivity contribution is 0.358. The first-order valence-electron chi connectivity index (χ1n) is 6.24. The Morgan fingerprint density at radius 2 is 2.26 bits per heavy atom. The third-order valence-corrected chi connectivity index (χ3v) is 2.67. The highest BCUT2D eigenvalue weighted by Gasteiger charge is 2.06. The van der Waals surface area contributed by atoms with Gasteiger partial charge in [-0.1, -0.05) is 30.9 Å². The minimum absolute atomic E-state index is 0. The Hall–Kier alpha value is -1.24. The lowest BCUT2D eigenvalue weighted by atomic mass is 10.2. The molecule has 2 N–H and O–H groups in total. The third-order valence-electron chi connectivity index (χ3n) is 2.67. The largest absolute Gasteiger partial charge is 0.489 e. The average molecular weight is 373 g/mol. The number of ether oxygens (including phenoxy) is 1. The van der Waals surface area contributed by atoms with Crippen LogP contribution in [-0.2, 0) is 6.54 Å². The SMILES string of the molecule is C=CCOc1ccccc1CNC1=NCCCN1.I. The Labute approximate surface area is 131 Å². The van der Waals surface area contributed by atoms with Gasteiger partial charge in [-0.15, -0.1) is 24.0 Å². The van der Waals surface area contributed by atoms with Crippen LogP contribution in [0.5, 0.6) is 5.75 Å². The van der Waals surface area contributed by atoms with E-state index < -0.39 is 0 Å². The second-order valence-corrected chi connectivity index (χ2v) is 4.07. The molecule has 1 aromatic carbocycles. The van der Waals surface area contributed by atoms with E-state index in [2.05, 4.69) is 28.3 Å². The van der Waals surface area contributed by atoms with Crippen molar-refractivity contribution in [2.45, 2.75) is 13.0 Å². The van der Waals surface area contributed by atoms with Gasteiger partial charge in [-0.25, -0.2) is 0 Å². The summed E-state index contributed by atoms with van der Waals surface area (Å²) in [5, 5.41) is 6.52. The van der Waals surface area contributed by atoms with Crippen LogP contribution in [0, 0.1) is 0 Å². The first-order chi connectivity index (χ1) is 8.90. The van der Waals surface area contributed by atoms with Crippen LogP contribution < -0.4 is 15.4 Å². The predicted octanol–water partition coefficient (Wildman–Crippen LogP) is 2.31. The van der Waals surface area contributed by atoms with Gasteiger partial charge in [0.1, 0.15) is 12.4 Å². The number of hydrogen-bond acceptors (Lipinski definition) is 4. The second kappa shape index (κ2) is 8.79. The van der Waals surface area contributed by atoms with Gasteiger partial charge in [0.05, 0.1) is 0 Å². The quantitative estimate of drug-likeness (QED) is 0.615. The summed E-state index contributed by atoms with van der Waals surface area (Å²) in [6.07, 6.45) is 2.85.